The van der Waals surface area contributed by atoms with Gasteiger partial charge in [-0.05, 0) is 54.8 Å². The average Bonchev–Trinajstić information content (AvgIpc) is 3.49. The molecule has 5 rings (SSSR count). The predicted octanol–water partition coefficient (Wildman–Crippen LogP) is 5.00. The summed E-state index contributed by atoms with van der Waals surface area (Å²) in [6.07, 6.45) is 5.90. The molecule has 1 aliphatic rings. The van der Waals surface area contributed by atoms with Crippen LogP contribution in [0, 0.1) is 17.5 Å². The highest BCUT2D eigenvalue weighted by atomic mass is 19.1. The van der Waals surface area contributed by atoms with Crippen LogP contribution in [0.2, 0.25) is 0 Å². The van der Waals surface area contributed by atoms with Crippen LogP contribution in [0.1, 0.15) is 41.3 Å². The number of nitrogens with zero attached hydrogens (tertiary/aromatic N) is 5. The Hall–Kier alpha value is -4.22. The van der Waals surface area contributed by atoms with Gasteiger partial charge in [0.15, 0.2) is 0 Å². The fourth-order valence-electron chi connectivity index (χ4n) is 5.43. The van der Waals surface area contributed by atoms with E-state index in [1.807, 2.05) is 21.9 Å². The number of nitrogens with one attached hydrogen (secondary N) is 1. The molecular formula is C32H35F3N6O2. The first-order valence-corrected chi connectivity index (χ1v) is 14.4. The van der Waals surface area contributed by atoms with Crippen molar-refractivity contribution >= 4 is 17.3 Å². The van der Waals surface area contributed by atoms with Gasteiger partial charge in [0.1, 0.15) is 35.7 Å². The quantitative estimate of drug-likeness (QED) is 0.255. The molecule has 1 fully saturated rings. The van der Waals surface area contributed by atoms with Crippen molar-refractivity contribution in [3.8, 4) is 0 Å². The SMILES string of the molecule is CCCCc1ccc(C(=O)Nc2ccc(N3CCN(CC(O)(Cn4cncn4)c4ccc(F)cc4F)CC3)c(F)c2)cc1. The monoisotopic (exact) mass is 592 g/mol. The molecule has 1 amide bonds. The Labute approximate surface area is 248 Å². The molecular weight excluding hydrogens is 557 g/mol. The van der Waals surface area contributed by atoms with E-state index in [2.05, 4.69) is 22.3 Å². The number of hydrogen-bond acceptors (Lipinski definition) is 6. The summed E-state index contributed by atoms with van der Waals surface area (Å²) in [5.41, 5.74) is 0.693. The first kappa shape index (κ1) is 30.2. The predicted molar refractivity (Wildman–Crippen MR) is 158 cm³/mol. The number of unbranched alkanes of at least 4 members (excludes halogenated alkanes) is 1. The summed E-state index contributed by atoms with van der Waals surface area (Å²) in [7, 11) is 0. The van der Waals surface area contributed by atoms with Gasteiger partial charge in [0.05, 0.1) is 12.2 Å². The molecule has 0 aliphatic carbocycles. The van der Waals surface area contributed by atoms with Crippen LogP contribution in [-0.4, -0.2) is 63.4 Å². The molecule has 0 spiro atoms. The van der Waals surface area contributed by atoms with Gasteiger partial charge in [-0.15, -0.1) is 0 Å². The standard InChI is InChI=1S/C32H35F3N6O2/c1-2-3-4-23-5-7-24(8-6-23)31(42)38-26-10-12-30(29(35)18-26)40-15-13-39(14-16-40)19-32(43,20-41-22-36-21-37-41)27-11-9-25(33)17-28(27)34/h5-12,17-18,21-22,43H,2-4,13-16,19-20H2,1H3,(H,38,42). The minimum atomic E-state index is -1.71. The smallest absolute Gasteiger partial charge is 0.255 e. The second-order valence-corrected chi connectivity index (χ2v) is 10.9. The maximum atomic E-state index is 15.2. The largest absolute Gasteiger partial charge is 0.382 e. The van der Waals surface area contributed by atoms with Crippen LogP contribution in [0.4, 0.5) is 24.5 Å². The van der Waals surface area contributed by atoms with Crippen LogP contribution in [-0.2, 0) is 18.6 Å². The van der Waals surface area contributed by atoms with Gasteiger partial charge in [0.2, 0.25) is 0 Å². The van der Waals surface area contributed by atoms with Crippen molar-refractivity contribution in [2.45, 2.75) is 38.3 Å². The number of aliphatic hydroxyl groups is 1. The van der Waals surface area contributed by atoms with E-state index in [1.165, 1.54) is 35.0 Å². The first-order chi connectivity index (χ1) is 20.7. The molecule has 1 aliphatic heterocycles. The normalized spacial score (nSPS) is 15.3. The highest BCUT2D eigenvalue weighted by molar-refractivity contribution is 6.04. The molecule has 0 radical (unpaired) electrons. The van der Waals surface area contributed by atoms with Gasteiger partial charge in [-0.1, -0.05) is 31.5 Å². The zero-order chi connectivity index (χ0) is 30.4. The Balaban J connectivity index is 1.21. The number of carbonyl (C=O) groups excluding carboxylic acids is 1. The zero-order valence-electron chi connectivity index (χ0n) is 24.0. The molecule has 1 aromatic heterocycles. The second kappa shape index (κ2) is 13.4. The molecule has 11 heteroatoms. The summed E-state index contributed by atoms with van der Waals surface area (Å²) in [5, 5.41) is 18.4. The van der Waals surface area contributed by atoms with Crippen LogP contribution in [0.3, 0.4) is 0 Å². The Morgan fingerprint density at radius 2 is 1.72 bits per heavy atom. The van der Waals surface area contributed by atoms with Crippen LogP contribution in [0.25, 0.3) is 0 Å². The fraction of sp³-hybridized carbons (Fsp3) is 0.344. The number of amides is 1. The van der Waals surface area contributed by atoms with Gasteiger partial charge < -0.3 is 15.3 Å². The number of rotatable bonds is 11. The minimum Gasteiger partial charge on any atom is -0.382 e. The van der Waals surface area contributed by atoms with Crippen molar-refractivity contribution in [3.63, 3.8) is 0 Å². The fourth-order valence-corrected chi connectivity index (χ4v) is 5.43. The van der Waals surface area contributed by atoms with Crippen molar-refractivity contribution in [1.82, 2.24) is 19.7 Å². The highest BCUT2D eigenvalue weighted by Gasteiger charge is 2.36. The van der Waals surface area contributed by atoms with E-state index in [-0.39, 0.29) is 24.6 Å². The lowest BCUT2D eigenvalue weighted by Crippen LogP contribution is -2.52. The topological polar surface area (TPSA) is 86.5 Å². The zero-order valence-corrected chi connectivity index (χ0v) is 24.0. The Morgan fingerprint density at radius 1 is 0.953 bits per heavy atom. The summed E-state index contributed by atoms with van der Waals surface area (Å²) in [5.74, 6) is -2.35. The van der Waals surface area contributed by atoms with Gasteiger partial charge in [-0.2, -0.15) is 5.10 Å². The molecule has 2 heterocycles. The number of piperazine rings is 1. The van der Waals surface area contributed by atoms with Crippen LogP contribution in [0.15, 0.2) is 73.3 Å². The maximum absolute atomic E-state index is 15.2. The van der Waals surface area contributed by atoms with Crippen LogP contribution >= 0.6 is 0 Å². The number of anilines is 2. The van der Waals surface area contributed by atoms with Crippen molar-refractivity contribution in [1.29, 1.82) is 0 Å². The molecule has 1 saturated heterocycles. The third-order valence-electron chi connectivity index (χ3n) is 7.76. The van der Waals surface area contributed by atoms with Crippen molar-refractivity contribution < 1.29 is 23.1 Å². The third kappa shape index (κ3) is 7.41. The lowest BCUT2D eigenvalue weighted by atomic mass is 9.92. The van der Waals surface area contributed by atoms with E-state index in [0.29, 0.717) is 43.1 Å². The van der Waals surface area contributed by atoms with Crippen molar-refractivity contribution in [2.75, 3.05) is 42.9 Å². The molecule has 1 atom stereocenters. The number of carbonyl (C=O) groups is 1. The first-order valence-electron chi connectivity index (χ1n) is 14.4. The number of hydrogen-bond donors (Lipinski definition) is 2. The average molecular weight is 593 g/mol. The van der Waals surface area contributed by atoms with E-state index in [1.54, 1.807) is 24.3 Å². The molecule has 43 heavy (non-hydrogen) atoms. The number of aryl methyl sites for hydroxylation is 1. The summed E-state index contributed by atoms with van der Waals surface area (Å²) < 4.78 is 45.0. The lowest BCUT2D eigenvalue weighted by Gasteiger charge is -2.40. The number of benzene rings is 3. The van der Waals surface area contributed by atoms with Gasteiger partial charge in [0.25, 0.3) is 5.91 Å². The summed E-state index contributed by atoms with van der Waals surface area (Å²) in [6, 6.07) is 15.2. The lowest BCUT2D eigenvalue weighted by molar-refractivity contribution is -0.0227. The molecule has 3 aromatic carbocycles. The highest BCUT2D eigenvalue weighted by Crippen LogP contribution is 2.30. The molecule has 2 N–H and O–H groups in total. The summed E-state index contributed by atoms with van der Waals surface area (Å²) >= 11 is 0. The van der Waals surface area contributed by atoms with E-state index in [4.69, 9.17) is 0 Å². The van der Waals surface area contributed by atoms with E-state index >= 15 is 4.39 Å². The molecule has 0 saturated carbocycles. The Morgan fingerprint density at radius 3 is 2.37 bits per heavy atom. The second-order valence-electron chi connectivity index (χ2n) is 10.9. The Bertz CT molecular complexity index is 1520. The van der Waals surface area contributed by atoms with Gasteiger partial charge in [-0.3, -0.25) is 9.69 Å². The molecule has 226 valence electrons. The van der Waals surface area contributed by atoms with E-state index in [0.717, 1.165) is 31.4 Å². The van der Waals surface area contributed by atoms with Gasteiger partial charge in [0, 0.05) is 55.6 Å². The van der Waals surface area contributed by atoms with E-state index in [9.17, 15) is 18.7 Å². The van der Waals surface area contributed by atoms with Crippen LogP contribution < -0.4 is 10.2 Å². The minimum absolute atomic E-state index is 0.0389. The molecule has 4 aromatic rings. The maximum Gasteiger partial charge on any atom is 0.255 e. The summed E-state index contributed by atoms with van der Waals surface area (Å²) in [4.78, 5) is 20.4. The van der Waals surface area contributed by atoms with Gasteiger partial charge in [-0.25, -0.2) is 22.8 Å². The molecule has 1 unspecified atom stereocenters. The van der Waals surface area contributed by atoms with Gasteiger partial charge >= 0.3 is 0 Å². The number of β-amino-alcohol motifs (C(OH)–C–C–N with tert-alkyl or cyclic N) is 1. The van der Waals surface area contributed by atoms with Crippen molar-refractivity contribution in [3.05, 3.63) is 107 Å². The third-order valence-corrected chi connectivity index (χ3v) is 7.76. The molecule has 0 bridgehead atoms. The van der Waals surface area contributed by atoms with E-state index < -0.39 is 23.1 Å². The number of aromatic nitrogens is 3. The summed E-state index contributed by atoms with van der Waals surface area (Å²) in [6.45, 7) is 3.95. The molecule has 8 nitrogen and oxygen atoms in total. The number of halogens is 3. The van der Waals surface area contributed by atoms with Crippen molar-refractivity contribution in [2.24, 2.45) is 0 Å². The Kier molecular flexibility index (Phi) is 9.42. The van der Waals surface area contributed by atoms with Crippen LogP contribution in [0.5, 0.6) is 0 Å².